The molecule has 0 amide bonds. The van der Waals surface area contributed by atoms with Crippen molar-refractivity contribution < 1.29 is 9.94 Å². The molecule has 0 saturated carbocycles. The van der Waals surface area contributed by atoms with Gasteiger partial charge in [0.25, 0.3) is 0 Å². The smallest absolute Gasteiger partial charge is 0.170 e. The average molecular weight is 356 g/mol. The summed E-state index contributed by atoms with van der Waals surface area (Å²) in [4.78, 5) is 0. The lowest BCUT2D eigenvalue weighted by Crippen LogP contribution is -2.12. The summed E-state index contributed by atoms with van der Waals surface area (Å²) in [6, 6.07) is 10.6. The normalized spacial score (nSPS) is 11.4. The summed E-state index contributed by atoms with van der Waals surface area (Å²) in [7, 11) is 0. The summed E-state index contributed by atoms with van der Waals surface area (Å²) in [5.41, 5.74) is 7.01. The molecule has 0 bridgehead atoms. The number of nitrogens with two attached hydrogens (primary N) is 1. The zero-order valence-corrected chi connectivity index (χ0v) is 12.9. The van der Waals surface area contributed by atoms with Gasteiger partial charge in [0, 0.05) is 10.0 Å². The fraction of sp³-hybridized carbons (Fsp3) is 0.0714. The number of amidine groups is 1. The van der Waals surface area contributed by atoms with Crippen LogP contribution in [0.25, 0.3) is 0 Å². The average Bonchev–Trinajstić information content (AvgIpc) is 2.42. The lowest BCUT2D eigenvalue weighted by atomic mass is 10.2. The van der Waals surface area contributed by atoms with Crippen LogP contribution in [0.15, 0.2) is 46.0 Å². The van der Waals surface area contributed by atoms with Crippen molar-refractivity contribution in [3.05, 3.63) is 57.0 Å². The first-order valence-electron chi connectivity index (χ1n) is 5.72. The van der Waals surface area contributed by atoms with Gasteiger partial charge in [-0.05, 0) is 48.9 Å². The van der Waals surface area contributed by atoms with Crippen molar-refractivity contribution in [2.45, 2.75) is 6.92 Å². The van der Waals surface area contributed by atoms with Gasteiger partial charge in [0.2, 0.25) is 0 Å². The van der Waals surface area contributed by atoms with Crippen LogP contribution in [0.5, 0.6) is 11.5 Å². The zero-order valence-electron chi connectivity index (χ0n) is 10.6. The van der Waals surface area contributed by atoms with Gasteiger partial charge in [-0.2, -0.15) is 0 Å². The van der Waals surface area contributed by atoms with Crippen molar-refractivity contribution in [2.24, 2.45) is 10.9 Å². The van der Waals surface area contributed by atoms with E-state index in [1.54, 1.807) is 18.2 Å². The van der Waals surface area contributed by atoms with E-state index in [0.29, 0.717) is 22.1 Å². The molecule has 0 saturated heterocycles. The highest BCUT2D eigenvalue weighted by Crippen LogP contribution is 2.32. The Morgan fingerprint density at radius 3 is 2.55 bits per heavy atom. The molecule has 0 aromatic heterocycles. The van der Waals surface area contributed by atoms with Gasteiger partial charge in [0.05, 0.1) is 5.02 Å². The Morgan fingerprint density at radius 2 is 1.95 bits per heavy atom. The van der Waals surface area contributed by atoms with E-state index in [9.17, 15) is 0 Å². The van der Waals surface area contributed by atoms with Crippen LogP contribution in [0.3, 0.4) is 0 Å². The highest BCUT2D eigenvalue weighted by molar-refractivity contribution is 9.10. The van der Waals surface area contributed by atoms with E-state index in [4.69, 9.17) is 27.3 Å². The number of halogens is 2. The first kappa shape index (κ1) is 14.7. The van der Waals surface area contributed by atoms with Crippen LogP contribution < -0.4 is 10.5 Å². The van der Waals surface area contributed by atoms with Crippen LogP contribution in [0.2, 0.25) is 5.02 Å². The number of rotatable bonds is 3. The predicted octanol–water partition coefficient (Wildman–Crippen LogP) is 4.30. The molecule has 6 heteroatoms. The first-order valence-corrected chi connectivity index (χ1v) is 6.90. The fourth-order valence-corrected chi connectivity index (χ4v) is 2.34. The second kappa shape index (κ2) is 6.15. The minimum absolute atomic E-state index is 0.00160. The monoisotopic (exact) mass is 354 g/mol. The molecule has 0 spiro atoms. The van der Waals surface area contributed by atoms with Gasteiger partial charge >= 0.3 is 0 Å². The lowest BCUT2D eigenvalue weighted by Gasteiger charge is -2.11. The van der Waals surface area contributed by atoms with E-state index in [1.807, 2.05) is 25.1 Å². The topological polar surface area (TPSA) is 67.8 Å². The Kier molecular flexibility index (Phi) is 4.52. The van der Waals surface area contributed by atoms with E-state index < -0.39 is 0 Å². The summed E-state index contributed by atoms with van der Waals surface area (Å²) in [5.74, 6) is 1.22. The lowest BCUT2D eigenvalue weighted by molar-refractivity contribution is 0.318. The van der Waals surface area contributed by atoms with Crippen LogP contribution in [0.1, 0.15) is 11.1 Å². The summed E-state index contributed by atoms with van der Waals surface area (Å²) >= 11 is 9.53. The van der Waals surface area contributed by atoms with Crippen LogP contribution >= 0.6 is 27.5 Å². The van der Waals surface area contributed by atoms with Gasteiger partial charge in [-0.3, -0.25) is 0 Å². The zero-order chi connectivity index (χ0) is 14.7. The van der Waals surface area contributed by atoms with Crippen LogP contribution in [-0.4, -0.2) is 11.0 Å². The predicted molar refractivity (Wildman–Crippen MR) is 82.9 cm³/mol. The van der Waals surface area contributed by atoms with E-state index in [2.05, 4.69) is 21.1 Å². The van der Waals surface area contributed by atoms with Gasteiger partial charge in [0.1, 0.15) is 11.5 Å². The Labute approximate surface area is 129 Å². The number of hydrogen-bond acceptors (Lipinski definition) is 3. The molecule has 20 heavy (non-hydrogen) atoms. The Morgan fingerprint density at radius 1 is 1.25 bits per heavy atom. The molecule has 0 aliphatic carbocycles. The third-order valence-electron chi connectivity index (χ3n) is 2.69. The second-order valence-corrected chi connectivity index (χ2v) is 5.47. The molecule has 0 atom stereocenters. The number of ether oxygens (including phenoxy) is 1. The van der Waals surface area contributed by atoms with E-state index in [-0.39, 0.29) is 5.84 Å². The highest BCUT2D eigenvalue weighted by atomic mass is 79.9. The van der Waals surface area contributed by atoms with Crippen molar-refractivity contribution in [1.29, 1.82) is 0 Å². The van der Waals surface area contributed by atoms with E-state index in [0.717, 1.165) is 10.0 Å². The molecule has 2 aromatic rings. The maximum absolute atomic E-state index is 8.63. The van der Waals surface area contributed by atoms with Crippen molar-refractivity contribution in [1.82, 2.24) is 0 Å². The molecule has 0 aliphatic heterocycles. The minimum Gasteiger partial charge on any atom is -0.456 e. The van der Waals surface area contributed by atoms with Crippen LogP contribution in [0.4, 0.5) is 0 Å². The summed E-state index contributed by atoms with van der Waals surface area (Å²) < 4.78 is 6.75. The van der Waals surface area contributed by atoms with Gasteiger partial charge in [0.15, 0.2) is 5.84 Å². The fourth-order valence-electron chi connectivity index (χ4n) is 1.65. The molecular weight excluding hydrogens is 344 g/mol. The molecule has 2 rings (SSSR count). The quantitative estimate of drug-likeness (QED) is 0.373. The van der Waals surface area contributed by atoms with E-state index in [1.165, 1.54) is 0 Å². The van der Waals surface area contributed by atoms with Crippen molar-refractivity contribution in [3.63, 3.8) is 0 Å². The number of hydrogen-bond donors (Lipinski definition) is 2. The highest BCUT2D eigenvalue weighted by Gasteiger charge is 2.08. The molecule has 0 radical (unpaired) electrons. The van der Waals surface area contributed by atoms with Crippen LogP contribution in [-0.2, 0) is 0 Å². The standard InChI is InChI=1S/C14H12BrClN2O2/c1-8-6-10(15)3-5-12(8)20-13-4-2-9(7-11(13)16)14(17)18-19/h2-7,19H,1H3,(H2,17,18). The maximum Gasteiger partial charge on any atom is 0.170 e. The number of nitrogens with zero attached hydrogens (tertiary/aromatic N) is 1. The molecular formula is C14H12BrClN2O2. The van der Waals surface area contributed by atoms with Gasteiger partial charge in [-0.25, -0.2) is 0 Å². The van der Waals surface area contributed by atoms with Gasteiger partial charge < -0.3 is 15.7 Å². The molecule has 4 nitrogen and oxygen atoms in total. The van der Waals surface area contributed by atoms with Crippen molar-refractivity contribution in [2.75, 3.05) is 0 Å². The maximum atomic E-state index is 8.63. The largest absolute Gasteiger partial charge is 0.456 e. The molecule has 104 valence electrons. The molecule has 0 fully saturated rings. The Balaban J connectivity index is 2.30. The third kappa shape index (κ3) is 3.23. The van der Waals surface area contributed by atoms with Crippen molar-refractivity contribution in [3.8, 4) is 11.5 Å². The summed E-state index contributed by atoms with van der Waals surface area (Å²) in [6.45, 7) is 1.94. The van der Waals surface area contributed by atoms with E-state index >= 15 is 0 Å². The number of aryl methyl sites for hydroxylation is 1. The minimum atomic E-state index is -0.00160. The van der Waals surface area contributed by atoms with Crippen LogP contribution in [0, 0.1) is 6.92 Å². The molecule has 2 aromatic carbocycles. The summed E-state index contributed by atoms with van der Waals surface area (Å²) in [6.07, 6.45) is 0. The number of benzene rings is 2. The SMILES string of the molecule is Cc1cc(Br)ccc1Oc1ccc(C(N)=NO)cc1Cl. The molecule has 0 aliphatic rings. The van der Waals surface area contributed by atoms with Crippen molar-refractivity contribution >= 4 is 33.4 Å². The Bertz CT molecular complexity index is 674. The Hall–Kier alpha value is -1.72. The molecule has 0 heterocycles. The first-order chi connectivity index (χ1) is 9.51. The van der Waals surface area contributed by atoms with Gasteiger partial charge in [-0.15, -0.1) is 0 Å². The van der Waals surface area contributed by atoms with Gasteiger partial charge in [-0.1, -0.05) is 32.7 Å². The third-order valence-corrected chi connectivity index (χ3v) is 3.48. The summed E-state index contributed by atoms with van der Waals surface area (Å²) in [5, 5.41) is 11.9. The second-order valence-electron chi connectivity index (χ2n) is 4.14. The number of oxime groups is 1. The molecule has 3 N–H and O–H groups in total. The molecule has 0 unspecified atom stereocenters.